The Morgan fingerprint density at radius 3 is 2.59 bits per heavy atom. The van der Waals surface area contributed by atoms with Crippen molar-refractivity contribution in [2.75, 3.05) is 6.54 Å². The second-order valence-electron chi connectivity index (χ2n) is 5.96. The van der Waals surface area contributed by atoms with Gasteiger partial charge in [-0.1, -0.05) is 26.2 Å². The molecule has 2 aliphatic rings. The molecule has 2 aliphatic carbocycles. The Kier molecular flexibility index (Phi) is 4.43. The minimum Gasteiger partial charge on any atom is -0.356 e. The molecular weight excluding hydrogens is 212 g/mol. The van der Waals surface area contributed by atoms with Crippen LogP contribution in [0.25, 0.3) is 0 Å². The van der Waals surface area contributed by atoms with Crippen molar-refractivity contribution in [3.05, 3.63) is 0 Å². The Morgan fingerprint density at radius 2 is 1.88 bits per heavy atom. The van der Waals surface area contributed by atoms with Crippen molar-refractivity contribution in [1.29, 1.82) is 0 Å². The van der Waals surface area contributed by atoms with E-state index in [0.29, 0.717) is 5.92 Å². The van der Waals surface area contributed by atoms with Crippen molar-refractivity contribution in [1.82, 2.24) is 5.32 Å². The number of carbonyl (C=O) groups is 1. The van der Waals surface area contributed by atoms with Crippen molar-refractivity contribution in [2.45, 2.75) is 57.9 Å². The van der Waals surface area contributed by atoms with Crippen LogP contribution in [0.2, 0.25) is 0 Å². The van der Waals surface area contributed by atoms with E-state index in [4.69, 9.17) is 5.73 Å². The molecule has 0 aromatic carbocycles. The van der Waals surface area contributed by atoms with E-state index in [0.717, 1.165) is 31.7 Å². The van der Waals surface area contributed by atoms with Gasteiger partial charge in [0, 0.05) is 18.5 Å². The highest BCUT2D eigenvalue weighted by Gasteiger charge is 2.32. The van der Waals surface area contributed by atoms with Gasteiger partial charge >= 0.3 is 0 Å². The molecule has 2 saturated carbocycles. The standard InChI is InChI=1S/C14H26N2O/c1-10-12(7-4-8-13(10)15)14(17)16-9-11-5-2-3-6-11/h10-13H,2-9,15H2,1H3,(H,16,17). The fourth-order valence-corrected chi connectivity index (χ4v) is 3.36. The lowest BCUT2D eigenvalue weighted by molar-refractivity contribution is -0.128. The van der Waals surface area contributed by atoms with Crippen molar-refractivity contribution < 1.29 is 4.79 Å². The fourth-order valence-electron chi connectivity index (χ4n) is 3.36. The topological polar surface area (TPSA) is 55.1 Å². The van der Waals surface area contributed by atoms with Crippen LogP contribution in [-0.2, 0) is 4.79 Å². The smallest absolute Gasteiger partial charge is 0.223 e. The summed E-state index contributed by atoms with van der Waals surface area (Å²) in [5.41, 5.74) is 6.04. The quantitative estimate of drug-likeness (QED) is 0.790. The largest absolute Gasteiger partial charge is 0.356 e. The summed E-state index contributed by atoms with van der Waals surface area (Å²) < 4.78 is 0. The summed E-state index contributed by atoms with van der Waals surface area (Å²) in [5.74, 6) is 1.47. The Bertz CT molecular complexity index is 261. The van der Waals surface area contributed by atoms with Crippen molar-refractivity contribution in [3.8, 4) is 0 Å². The van der Waals surface area contributed by atoms with Crippen LogP contribution in [0.1, 0.15) is 51.9 Å². The van der Waals surface area contributed by atoms with E-state index in [9.17, 15) is 4.79 Å². The molecule has 3 N–H and O–H groups in total. The van der Waals surface area contributed by atoms with Crippen LogP contribution < -0.4 is 11.1 Å². The van der Waals surface area contributed by atoms with E-state index in [2.05, 4.69) is 12.2 Å². The molecule has 0 heterocycles. The van der Waals surface area contributed by atoms with Gasteiger partial charge in [0.05, 0.1) is 0 Å². The number of amides is 1. The number of hydrogen-bond acceptors (Lipinski definition) is 2. The summed E-state index contributed by atoms with van der Waals surface area (Å²) in [6.07, 6.45) is 8.46. The van der Waals surface area contributed by atoms with Gasteiger partial charge in [0.2, 0.25) is 5.91 Å². The maximum atomic E-state index is 12.1. The van der Waals surface area contributed by atoms with E-state index in [1.54, 1.807) is 0 Å². The average molecular weight is 238 g/mol. The third-order valence-electron chi connectivity index (χ3n) is 4.74. The molecule has 3 nitrogen and oxygen atoms in total. The highest BCUT2D eigenvalue weighted by Crippen LogP contribution is 2.29. The van der Waals surface area contributed by atoms with Gasteiger partial charge in [-0.05, 0) is 37.5 Å². The first-order chi connectivity index (χ1) is 8.18. The maximum Gasteiger partial charge on any atom is 0.223 e. The van der Waals surface area contributed by atoms with Crippen LogP contribution in [0.3, 0.4) is 0 Å². The molecule has 2 fully saturated rings. The SMILES string of the molecule is CC1C(N)CCCC1C(=O)NCC1CCCC1. The number of hydrogen-bond donors (Lipinski definition) is 2. The monoisotopic (exact) mass is 238 g/mol. The lowest BCUT2D eigenvalue weighted by atomic mass is 9.77. The Hall–Kier alpha value is -0.570. The first-order valence-electron chi connectivity index (χ1n) is 7.21. The van der Waals surface area contributed by atoms with Gasteiger partial charge in [0.25, 0.3) is 0 Å². The Balaban J connectivity index is 1.78. The lowest BCUT2D eigenvalue weighted by Crippen LogP contribution is -2.45. The molecule has 3 heteroatoms. The molecule has 0 aromatic rings. The molecule has 17 heavy (non-hydrogen) atoms. The Labute approximate surface area is 105 Å². The van der Waals surface area contributed by atoms with Gasteiger partial charge in [-0.15, -0.1) is 0 Å². The minimum atomic E-state index is 0.153. The zero-order chi connectivity index (χ0) is 12.3. The summed E-state index contributed by atoms with van der Waals surface area (Å²) in [6.45, 7) is 3.01. The Morgan fingerprint density at radius 1 is 1.18 bits per heavy atom. The van der Waals surface area contributed by atoms with Gasteiger partial charge in [-0.3, -0.25) is 4.79 Å². The molecule has 0 saturated heterocycles. The molecule has 0 aliphatic heterocycles. The predicted molar refractivity (Wildman–Crippen MR) is 69.4 cm³/mol. The van der Waals surface area contributed by atoms with E-state index in [1.165, 1.54) is 25.7 Å². The van der Waals surface area contributed by atoms with Crippen LogP contribution in [0.5, 0.6) is 0 Å². The molecule has 98 valence electrons. The van der Waals surface area contributed by atoms with Crippen LogP contribution in [-0.4, -0.2) is 18.5 Å². The first kappa shape index (κ1) is 12.9. The molecule has 2 rings (SSSR count). The second kappa shape index (κ2) is 5.85. The molecule has 3 unspecified atom stereocenters. The van der Waals surface area contributed by atoms with Crippen molar-refractivity contribution in [2.24, 2.45) is 23.5 Å². The van der Waals surface area contributed by atoms with Crippen LogP contribution in [0, 0.1) is 17.8 Å². The van der Waals surface area contributed by atoms with Crippen molar-refractivity contribution >= 4 is 5.91 Å². The highest BCUT2D eigenvalue weighted by molar-refractivity contribution is 5.79. The van der Waals surface area contributed by atoms with Crippen LogP contribution in [0.4, 0.5) is 0 Å². The van der Waals surface area contributed by atoms with Gasteiger partial charge in [-0.2, -0.15) is 0 Å². The van der Waals surface area contributed by atoms with Gasteiger partial charge in [0.15, 0.2) is 0 Å². The van der Waals surface area contributed by atoms with Crippen LogP contribution in [0.15, 0.2) is 0 Å². The number of carbonyl (C=O) groups excluding carboxylic acids is 1. The molecule has 0 aromatic heterocycles. The molecule has 0 bridgehead atoms. The number of nitrogens with two attached hydrogens (primary N) is 1. The lowest BCUT2D eigenvalue weighted by Gasteiger charge is -2.33. The third-order valence-corrected chi connectivity index (χ3v) is 4.74. The molecule has 3 atom stereocenters. The summed E-state index contributed by atoms with van der Waals surface area (Å²) >= 11 is 0. The van der Waals surface area contributed by atoms with Crippen molar-refractivity contribution in [3.63, 3.8) is 0 Å². The zero-order valence-electron chi connectivity index (χ0n) is 11.0. The molecular formula is C14H26N2O. The number of rotatable bonds is 3. The summed E-state index contributed by atoms with van der Waals surface area (Å²) in [5, 5.41) is 3.15. The number of nitrogens with one attached hydrogen (secondary N) is 1. The summed E-state index contributed by atoms with van der Waals surface area (Å²) in [6, 6.07) is 0.214. The van der Waals surface area contributed by atoms with Crippen LogP contribution >= 0.6 is 0 Å². The normalized spacial score (nSPS) is 34.8. The summed E-state index contributed by atoms with van der Waals surface area (Å²) in [7, 11) is 0. The molecule has 0 spiro atoms. The van der Waals surface area contributed by atoms with Gasteiger partial charge < -0.3 is 11.1 Å². The second-order valence-corrected chi connectivity index (χ2v) is 5.96. The fraction of sp³-hybridized carbons (Fsp3) is 0.929. The van der Waals surface area contributed by atoms with Gasteiger partial charge in [0.1, 0.15) is 0 Å². The van der Waals surface area contributed by atoms with E-state index in [-0.39, 0.29) is 17.9 Å². The summed E-state index contributed by atoms with van der Waals surface area (Å²) in [4.78, 5) is 12.1. The molecule has 0 radical (unpaired) electrons. The van der Waals surface area contributed by atoms with Gasteiger partial charge in [-0.25, -0.2) is 0 Å². The minimum absolute atomic E-state index is 0.153. The zero-order valence-corrected chi connectivity index (χ0v) is 11.0. The molecule has 1 amide bonds. The highest BCUT2D eigenvalue weighted by atomic mass is 16.1. The average Bonchev–Trinajstić information content (AvgIpc) is 2.82. The third kappa shape index (κ3) is 3.21. The predicted octanol–water partition coefficient (Wildman–Crippen LogP) is 2.06. The van der Waals surface area contributed by atoms with E-state index in [1.807, 2.05) is 0 Å². The van der Waals surface area contributed by atoms with E-state index < -0.39 is 0 Å². The maximum absolute atomic E-state index is 12.1. The first-order valence-corrected chi connectivity index (χ1v) is 7.21. The van der Waals surface area contributed by atoms with E-state index >= 15 is 0 Å².